The second kappa shape index (κ2) is 7.14. The Morgan fingerprint density at radius 2 is 2.11 bits per heavy atom. The zero-order valence-corrected chi connectivity index (χ0v) is 15.3. The molecule has 0 radical (unpaired) electrons. The number of thioether (sulfide) groups is 1. The van der Waals surface area contributed by atoms with Gasteiger partial charge in [0, 0.05) is 24.8 Å². The molecule has 2 aliphatic heterocycles. The summed E-state index contributed by atoms with van der Waals surface area (Å²) in [6, 6.07) is 3.90. The molecule has 1 unspecified atom stereocenters. The second-order valence-electron chi connectivity index (χ2n) is 6.70. The highest BCUT2D eigenvalue weighted by Crippen LogP contribution is 2.29. The molecule has 0 aliphatic carbocycles. The van der Waals surface area contributed by atoms with Crippen LogP contribution in [0.5, 0.6) is 0 Å². The molecule has 2 aromatic heterocycles. The summed E-state index contributed by atoms with van der Waals surface area (Å²) >= 11 is 1.79. The number of anilines is 1. The van der Waals surface area contributed by atoms with Crippen LogP contribution in [-0.2, 0) is 24.9 Å². The number of rotatable bonds is 3. The molecule has 0 spiro atoms. The molecule has 144 valence electrons. The summed E-state index contributed by atoms with van der Waals surface area (Å²) in [5.41, 5.74) is 0.825. The Bertz CT molecular complexity index is 884. The molecule has 1 saturated heterocycles. The number of nitrogens with zero attached hydrogens (tertiary/aromatic N) is 5. The Kier molecular flexibility index (Phi) is 4.83. The molecular formula is C17H18F3N5OS. The number of aryl methyl sites for hydroxylation is 1. The van der Waals surface area contributed by atoms with Crippen LogP contribution in [0.25, 0.3) is 0 Å². The van der Waals surface area contributed by atoms with E-state index in [2.05, 4.69) is 15.3 Å². The number of alkyl halides is 3. The van der Waals surface area contributed by atoms with E-state index in [0.29, 0.717) is 18.9 Å². The third-order valence-electron chi connectivity index (χ3n) is 4.90. The van der Waals surface area contributed by atoms with Crippen molar-refractivity contribution in [3.05, 3.63) is 45.5 Å². The van der Waals surface area contributed by atoms with E-state index >= 15 is 0 Å². The number of halogens is 3. The van der Waals surface area contributed by atoms with E-state index in [9.17, 15) is 18.0 Å². The molecule has 2 aliphatic rings. The lowest BCUT2D eigenvalue weighted by molar-refractivity contribution is -0.141. The summed E-state index contributed by atoms with van der Waals surface area (Å²) < 4.78 is 39.5. The van der Waals surface area contributed by atoms with E-state index in [4.69, 9.17) is 0 Å². The van der Waals surface area contributed by atoms with Crippen LogP contribution in [0.3, 0.4) is 0 Å². The van der Waals surface area contributed by atoms with Crippen molar-refractivity contribution >= 4 is 17.6 Å². The third kappa shape index (κ3) is 3.80. The fourth-order valence-electron chi connectivity index (χ4n) is 3.54. The van der Waals surface area contributed by atoms with Gasteiger partial charge in [-0.2, -0.15) is 30.0 Å². The topological polar surface area (TPSA) is 63.9 Å². The van der Waals surface area contributed by atoms with E-state index in [1.807, 2.05) is 4.90 Å². The molecule has 0 N–H and O–H groups in total. The normalized spacial score (nSPS) is 20.0. The summed E-state index contributed by atoms with van der Waals surface area (Å²) in [4.78, 5) is 14.3. The van der Waals surface area contributed by atoms with Gasteiger partial charge in [-0.1, -0.05) is 0 Å². The van der Waals surface area contributed by atoms with Gasteiger partial charge in [-0.05, 0) is 36.3 Å². The predicted molar refractivity (Wildman–Crippen MR) is 95.8 cm³/mol. The summed E-state index contributed by atoms with van der Waals surface area (Å²) in [6.07, 6.45) is -1.96. The molecule has 10 heteroatoms. The summed E-state index contributed by atoms with van der Waals surface area (Å²) in [5.74, 6) is 2.21. The van der Waals surface area contributed by atoms with Gasteiger partial charge in [0.2, 0.25) is 0 Å². The van der Waals surface area contributed by atoms with Crippen molar-refractivity contribution in [2.45, 2.75) is 43.8 Å². The van der Waals surface area contributed by atoms with Crippen LogP contribution in [-0.4, -0.2) is 38.3 Å². The Morgan fingerprint density at radius 1 is 1.26 bits per heavy atom. The molecule has 0 saturated carbocycles. The van der Waals surface area contributed by atoms with Gasteiger partial charge in [-0.25, -0.2) is 4.68 Å². The Morgan fingerprint density at radius 3 is 2.85 bits per heavy atom. The van der Waals surface area contributed by atoms with Crippen molar-refractivity contribution in [3.63, 3.8) is 0 Å². The van der Waals surface area contributed by atoms with E-state index in [0.717, 1.165) is 48.1 Å². The summed E-state index contributed by atoms with van der Waals surface area (Å²) in [7, 11) is 0. The number of aromatic nitrogens is 4. The molecule has 0 bridgehead atoms. The van der Waals surface area contributed by atoms with Crippen molar-refractivity contribution in [2.75, 3.05) is 17.2 Å². The average Bonchev–Trinajstić information content (AvgIpc) is 3.10. The fourth-order valence-corrected chi connectivity index (χ4v) is 4.49. The smallest absolute Gasteiger partial charge is 0.350 e. The zero-order chi connectivity index (χ0) is 19.0. The first-order valence-electron chi connectivity index (χ1n) is 8.77. The van der Waals surface area contributed by atoms with Crippen LogP contribution in [0.4, 0.5) is 19.0 Å². The fraction of sp³-hybridized carbons (Fsp3) is 0.529. The highest BCUT2D eigenvalue weighted by molar-refractivity contribution is 7.98. The average molecular weight is 397 g/mol. The Labute approximate surface area is 157 Å². The maximum Gasteiger partial charge on any atom is 0.435 e. The van der Waals surface area contributed by atoms with E-state index in [-0.39, 0.29) is 11.6 Å². The van der Waals surface area contributed by atoms with Gasteiger partial charge in [-0.15, -0.1) is 10.2 Å². The Hall–Kier alpha value is -2.10. The maximum absolute atomic E-state index is 12.7. The molecule has 1 atom stereocenters. The minimum atomic E-state index is -4.51. The van der Waals surface area contributed by atoms with Crippen LogP contribution in [0.1, 0.15) is 29.8 Å². The first-order chi connectivity index (χ1) is 12.9. The second-order valence-corrected chi connectivity index (χ2v) is 7.81. The van der Waals surface area contributed by atoms with Gasteiger partial charge < -0.3 is 4.90 Å². The largest absolute Gasteiger partial charge is 0.435 e. The molecule has 2 aromatic rings. The van der Waals surface area contributed by atoms with E-state index < -0.39 is 11.9 Å². The molecule has 4 rings (SSSR count). The van der Waals surface area contributed by atoms with Gasteiger partial charge in [0.05, 0.1) is 18.3 Å². The minimum Gasteiger partial charge on any atom is -0.350 e. The van der Waals surface area contributed by atoms with Crippen LogP contribution < -0.4 is 10.5 Å². The molecule has 0 amide bonds. The molecule has 6 nitrogen and oxygen atoms in total. The first-order valence-corrected chi connectivity index (χ1v) is 9.92. The van der Waals surface area contributed by atoms with Gasteiger partial charge in [-0.3, -0.25) is 4.79 Å². The van der Waals surface area contributed by atoms with Crippen molar-refractivity contribution in [3.8, 4) is 0 Å². The highest BCUT2D eigenvalue weighted by atomic mass is 32.2. The molecular weight excluding hydrogens is 379 g/mol. The third-order valence-corrected chi connectivity index (χ3v) is 5.91. The molecule has 1 fully saturated rings. The van der Waals surface area contributed by atoms with Crippen LogP contribution in [0, 0.1) is 0 Å². The van der Waals surface area contributed by atoms with Crippen molar-refractivity contribution in [1.29, 1.82) is 0 Å². The SMILES string of the molecule is O=c1cc2c(nn1CC1CCCN1c1ccc(C(F)(F)F)nn1)CCSC2. The molecule has 27 heavy (non-hydrogen) atoms. The van der Waals surface area contributed by atoms with Gasteiger partial charge in [0.25, 0.3) is 5.56 Å². The zero-order valence-electron chi connectivity index (χ0n) is 14.4. The minimum absolute atomic E-state index is 0.0442. The molecule has 4 heterocycles. The number of hydrogen-bond donors (Lipinski definition) is 0. The summed E-state index contributed by atoms with van der Waals surface area (Å²) in [5, 5.41) is 11.6. The predicted octanol–water partition coefficient (Wildman–Crippen LogP) is 2.51. The van der Waals surface area contributed by atoms with E-state index in [1.165, 1.54) is 10.7 Å². The Balaban J connectivity index is 1.55. The quantitative estimate of drug-likeness (QED) is 0.793. The maximum atomic E-state index is 12.7. The van der Waals surface area contributed by atoms with Crippen molar-refractivity contribution < 1.29 is 13.2 Å². The van der Waals surface area contributed by atoms with Crippen LogP contribution in [0.15, 0.2) is 23.0 Å². The standard InChI is InChI=1S/C17H18F3N5OS/c18-17(19,20)14-3-4-15(22-21-14)24-6-1-2-12(24)9-25-16(26)8-11-10-27-7-5-13(11)23-25/h3-4,8,12H,1-2,5-7,9-10H2. The lowest BCUT2D eigenvalue weighted by atomic mass is 10.2. The first kappa shape index (κ1) is 18.3. The highest BCUT2D eigenvalue weighted by Gasteiger charge is 2.34. The van der Waals surface area contributed by atoms with Crippen molar-refractivity contribution in [1.82, 2.24) is 20.0 Å². The number of fused-ring (bicyclic) bond motifs is 1. The monoisotopic (exact) mass is 397 g/mol. The number of hydrogen-bond acceptors (Lipinski definition) is 6. The summed E-state index contributed by atoms with van der Waals surface area (Å²) in [6.45, 7) is 1.06. The molecule has 0 aromatic carbocycles. The van der Waals surface area contributed by atoms with E-state index in [1.54, 1.807) is 17.8 Å². The lowest BCUT2D eigenvalue weighted by Crippen LogP contribution is -2.38. The van der Waals surface area contributed by atoms with Crippen LogP contribution in [0.2, 0.25) is 0 Å². The van der Waals surface area contributed by atoms with Gasteiger partial charge in [0.1, 0.15) is 0 Å². The van der Waals surface area contributed by atoms with Gasteiger partial charge >= 0.3 is 6.18 Å². The lowest BCUT2D eigenvalue weighted by Gasteiger charge is -2.26. The van der Waals surface area contributed by atoms with Crippen molar-refractivity contribution in [2.24, 2.45) is 0 Å². The van der Waals surface area contributed by atoms with Gasteiger partial charge in [0.15, 0.2) is 11.5 Å². The van der Waals surface area contributed by atoms with Crippen LogP contribution >= 0.6 is 11.8 Å².